The van der Waals surface area contributed by atoms with E-state index >= 15 is 0 Å². The number of anilines is 3. The molecule has 2 saturated heterocycles. The first-order chi connectivity index (χ1) is 33.8. The topological polar surface area (TPSA) is 188 Å². The van der Waals surface area contributed by atoms with E-state index in [1.54, 1.807) is 54.7 Å². The van der Waals surface area contributed by atoms with Crippen molar-refractivity contribution in [3.05, 3.63) is 159 Å². The number of ether oxygens (including phenoxy) is 2. The van der Waals surface area contributed by atoms with Crippen LogP contribution in [-0.2, 0) is 21.8 Å². The minimum atomic E-state index is -4.54. The molecule has 8 rings (SSSR count). The van der Waals surface area contributed by atoms with Gasteiger partial charge < -0.3 is 31.2 Å². The number of benzene rings is 4. The number of pyridine rings is 2. The molecule has 2 fully saturated rings. The molecule has 4 heterocycles. The van der Waals surface area contributed by atoms with E-state index in [-0.39, 0.29) is 27.9 Å². The number of aryl methyl sites for hydroxylation is 2. The van der Waals surface area contributed by atoms with Crippen LogP contribution in [0.3, 0.4) is 0 Å². The summed E-state index contributed by atoms with van der Waals surface area (Å²) in [6.07, 6.45) is -2.16. The Morgan fingerprint density at radius 3 is 1.54 bits per heavy atom. The standard InChI is InChI=1S/C26H23F3N4O2.C21H13ClF3N3O.C5H11NO/c1-16-5-6-22(33-25(34)17-3-2-4-20(12-17)26(27,28)29)13-23(16)19-11-18(14-30)24(31-15-19)32-21-7-9-35-10-8-21;1-12-5-6-17(9-18(12)15-7-14(10-26)19(22)27-11-15)28-20(29)13-3-2-4-16(8-13)21(23,24)25;6-5-1-3-7-4-2-5/h2-6,11-13,15,21H,7-10H2,1H3,(H,31,32)(H,33,34);2-9,11H,1H3,(H,28,29);5H,1-4,6H2. The zero-order chi connectivity index (χ0) is 51.3. The minimum Gasteiger partial charge on any atom is -0.381 e. The number of carbonyl (C=O) groups excluding carboxylic acids is 2. The molecule has 2 aromatic heterocycles. The highest BCUT2D eigenvalue weighted by Crippen LogP contribution is 2.33. The molecule has 0 radical (unpaired) electrons. The third kappa shape index (κ3) is 14.8. The summed E-state index contributed by atoms with van der Waals surface area (Å²) in [5, 5.41) is 27.5. The maximum atomic E-state index is 13.0. The van der Waals surface area contributed by atoms with Crippen molar-refractivity contribution in [2.24, 2.45) is 5.73 Å². The Labute approximate surface area is 410 Å². The lowest BCUT2D eigenvalue weighted by Crippen LogP contribution is -2.28. The lowest BCUT2D eigenvalue weighted by atomic mass is 9.99. The molecule has 0 bridgehead atoms. The predicted octanol–water partition coefficient (Wildman–Crippen LogP) is 11.8. The van der Waals surface area contributed by atoms with Gasteiger partial charge >= 0.3 is 12.4 Å². The van der Waals surface area contributed by atoms with Gasteiger partial charge in [0.1, 0.15) is 23.1 Å². The normalized spacial score (nSPS) is 14.0. The van der Waals surface area contributed by atoms with Gasteiger partial charge in [0.2, 0.25) is 0 Å². The third-order valence-corrected chi connectivity index (χ3v) is 11.6. The molecule has 12 nitrogen and oxygen atoms in total. The number of nitrogens with zero attached hydrogens (tertiary/aromatic N) is 4. The van der Waals surface area contributed by atoms with E-state index in [1.165, 1.54) is 30.5 Å². The Balaban J connectivity index is 0.000000207. The highest BCUT2D eigenvalue weighted by Gasteiger charge is 2.32. The van der Waals surface area contributed by atoms with Crippen molar-refractivity contribution in [2.45, 2.75) is 64.0 Å². The van der Waals surface area contributed by atoms with Crippen molar-refractivity contribution in [1.82, 2.24) is 9.97 Å². The smallest absolute Gasteiger partial charge is 0.381 e. The Hall–Kier alpha value is -7.35. The van der Waals surface area contributed by atoms with E-state index in [1.807, 2.05) is 19.9 Å². The molecular formula is C52H47ClF6N8O4. The molecule has 6 aromatic rings. The second kappa shape index (κ2) is 24.0. The van der Waals surface area contributed by atoms with Crippen molar-refractivity contribution in [3.8, 4) is 34.4 Å². The van der Waals surface area contributed by atoms with E-state index in [2.05, 4.69) is 32.0 Å². The maximum absolute atomic E-state index is 13.0. The largest absolute Gasteiger partial charge is 0.416 e. The lowest BCUT2D eigenvalue weighted by Gasteiger charge is -2.24. The summed E-state index contributed by atoms with van der Waals surface area (Å²) in [5.74, 6) is -0.814. The van der Waals surface area contributed by atoms with Crippen LogP contribution in [0.4, 0.5) is 43.5 Å². The van der Waals surface area contributed by atoms with Gasteiger partial charge in [0.05, 0.1) is 22.3 Å². The van der Waals surface area contributed by atoms with Crippen molar-refractivity contribution >= 4 is 40.6 Å². The summed E-state index contributed by atoms with van der Waals surface area (Å²) in [6.45, 7) is 6.77. The van der Waals surface area contributed by atoms with Gasteiger partial charge in [-0.05, 0) is 135 Å². The average Bonchev–Trinajstić information content (AvgIpc) is 3.36. The zero-order valence-electron chi connectivity index (χ0n) is 38.3. The number of alkyl halides is 6. The first-order valence-electron chi connectivity index (χ1n) is 22.2. The number of nitrogens with one attached hydrogen (secondary N) is 3. The molecule has 0 saturated carbocycles. The first kappa shape index (κ1) is 53.0. The fourth-order valence-corrected chi connectivity index (χ4v) is 7.48. The SMILES string of the molecule is Cc1ccc(NC(=O)c2cccc(C(F)(F)F)c2)cc1-c1cnc(Cl)c(C#N)c1.Cc1ccc(NC(=O)c2cccc(C(F)(F)F)c2)cc1-c1cnc(NC2CCOCC2)c(C#N)c1.NC1CCOCC1. The Bertz CT molecular complexity index is 2940. The first-order valence-corrected chi connectivity index (χ1v) is 22.5. The van der Waals surface area contributed by atoms with Crippen LogP contribution < -0.4 is 21.7 Å². The average molecular weight is 997 g/mol. The molecule has 2 aliphatic heterocycles. The van der Waals surface area contributed by atoms with Crippen LogP contribution in [-0.4, -0.2) is 60.3 Å². The minimum absolute atomic E-state index is 0.0860. The number of halogens is 7. The number of nitrogens with two attached hydrogens (primary N) is 1. The van der Waals surface area contributed by atoms with Crippen LogP contribution in [0.2, 0.25) is 5.15 Å². The molecule has 19 heteroatoms. The molecule has 2 aliphatic rings. The van der Waals surface area contributed by atoms with E-state index in [4.69, 9.17) is 32.1 Å². The third-order valence-electron chi connectivity index (χ3n) is 11.3. The summed E-state index contributed by atoms with van der Waals surface area (Å²) in [6, 6.07) is 26.7. The molecular weight excluding hydrogens is 950 g/mol. The number of amides is 2. The van der Waals surface area contributed by atoms with Crippen LogP contribution in [0.25, 0.3) is 22.3 Å². The second-order valence-corrected chi connectivity index (χ2v) is 16.9. The number of rotatable bonds is 8. The predicted molar refractivity (Wildman–Crippen MR) is 258 cm³/mol. The molecule has 0 spiro atoms. The molecule has 0 atom stereocenters. The summed E-state index contributed by atoms with van der Waals surface area (Å²) in [7, 11) is 0. The van der Waals surface area contributed by atoms with Crippen molar-refractivity contribution in [1.29, 1.82) is 10.5 Å². The van der Waals surface area contributed by atoms with Crippen molar-refractivity contribution in [3.63, 3.8) is 0 Å². The van der Waals surface area contributed by atoms with Gasteiger partial charge in [0.25, 0.3) is 11.8 Å². The summed E-state index contributed by atoms with van der Waals surface area (Å²) in [4.78, 5) is 33.5. The summed E-state index contributed by atoms with van der Waals surface area (Å²) < 4.78 is 88.0. The molecule has 71 heavy (non-hydrogen) atoms. The fourth-order valence-electron chi connectivity index (χ4n) is 7.34. The monoisotopic (exact) mass is 996 g/mol. The van der Waals surface area contributed by atoms with E-state index in [0.29, 0.717) is 58.7 Å². The molecule has 0 unspecified atom stereocenters. The number of hydrogen-bond acceptors (Lipinski definition) is 10. The van der Waals surface area contributed by atoms with Gasteiger partial charge in [-0.2, -0.15) is 36.9 Å². The molecule has 368 valence electrons. The molecule has 0 aliphatic carbocycles. The van der Waals surface area contributed by atoms with Crippen LogP contribution >= 0.6 is 11.6 Å². The summed E-state index contributed by atoms with van der Waals surface area (Å²) >= 11 is 5.87. The number of hydrogen-bond donors (Lipinski definition) is 4. The van der Waals surface area contributed by atoms with Gasteiger partial charge in [-0.25, -0.2) is 9.97 Å². The highest BCUT2D eigenvalue weighted by molar-refractivity contribution is 6.30. The maximum Gasteiger partial charge on any atom is 0.416 e. The Morgan fingerprint density at radius 1 is 0.648 bits per heavy atom. The van der Waals surface area contributed by atoms with Crippen molar-refractivity contribution < 1.29 is 45.4 Å². The Morgan fingerprint density at radius 2 is 1.10 bits per heavy atom. The van der Waals surface area contributed by atoms with Gasteiger partial charge in [0.15, 0.2) is 0 Å². The zero-order valence-corrected chi connectivity index (χ0v) is 39.1. The van der Waals surface area contributed by atoms with E-state index < -0.39 is 35.3 Å². The van der Waals surface area contributed by atoms with Gasteiger partial charge in [-0.3, -0.25) is 9.59 Å². The number of carbonyl (C=O) groups is 2. The van der Waals surface area contributed by atoms with Crippen molar-refractivity contribution in [2.75, 3.05) is 42.4 Å². The van der Waals surface area contributed by atoms with Crippen LogP contribution in [0.1, 0.15) is 79.8 Å². The molecule has 4 aromatic carbocycles. The van der Waals surface area contributed by atoms with Crippen LogP contribution in [0, 0.1) is 36.5 Å². The number of nitriles is 2. The second-order valence-electron chi connectivity index (χ2n) is 16.5. The lowest BCUT2D eigenvalue weighted by molar-refractivity contribution is -0.138. The van der Waals surface area contributed by atoms with Crippen LogP contribution in [0.15, 0.2) is 109 Å². The van der Waals surface area contributed by atoms with Gasteiger partial charge in [0, 0.05) is 84.5 Å². The molecule has 5 N–H and O–H groups in total. The van der Waals surface area contributed by atoms with E-state index in [0.717, 1.165) is 79.9 Å². The molecule has 2 amide bonds. The fraction of sp³-hybridized carbons (Fsp3) is 0.269. The van der Waals surface area contributed by atoms with Gasteiger partial charge in [-0.15, -0.1) is 0 Å². The Kier molecular flexibility index (Phi) is 17.9. The quantitative estimate of drug-likeness (QED) is 0.0844. The van der Waals surface area contributed by atoms with E-state index in [9.17, 15) is 41.2 Å². The van der Waals surface area contributed by atoms with Crippen LogP contribution in [0.5, 0.6) is 0 Å². The summed E-state index contributed by atoms with van der Waals surface area (Å²) in [5.41, 5.74) is 9.47. The highest BCUT2D eigenvalue weighted by atomic mass is 35.5. The van der Waals surface area contributed by atoms with Gasteiger partial charge in [-0.1, -0.05) is 35.9 Å². The number of aromatic nitrogens is 2.